The fourth-order valence-corrected chi connectivity index (χ4v) is 2.07. The first kappa shape index (κ1) is 12.8. The first-order valence-corrected chi connectivity index (χ1v) is 6.60. The van der Waals surface area contributed by atoms with Crippen LogP contribution in [-0.2, 0) is 0 Å². The van der Waals surface area contributed by atoms with Gasteiger partial charge in [0.05, 0.1) is 0 Å². The van der Waals surface area contributed by atoms with Crippen molar-refractivity contribution in [2.45, 2.75) is 19.3 Å². The average Bonchev–Trinajstić information content (AvgIpc) is 2.86. The van der Waals surface area contributed by atoms with Crippen molar-refractivity contribution >= 4 is 5.91 Å². The van der Waals surface area contributed by atoms with Gasteiger partial charge in [0.1, 0.15) is 5.82 Å². The number of aromatic nitrogens is 2. The summed E-state index contributed by atoms with van der Waals surface area (Å²) >= 11 is 0. The van der Waals surface area contributed by atoms with E-state index in [1.54, 1.807) is 12.1 Å². The summed E-state index contributed by atoms with van der Waals surface area (Å²) in [5.74, 6) is -0.0737. The Kier molecular flexibility index (Phi) is 3.45. The fourth-order valence-electron chi connectivity index (χ4n) is 2.07. The fraction of sp³-hybridized carbons (Fsp3) is 0.357. The van der Waals surface area contributed by atoms with Gasteiger partial charge in [0.25, 0.3) is 17.6 Å². The van der Waals surface area contributed by atoms with Crippen molar-refractivity contribution in [2.24, 2.45) is 5.92 Å². The van der Waals surface area contributed by atoms with Crippen molar-refractivity contribution < 1.29 is 13.7 Å². The molecule has 1 aromatic heterocycles. The number of carbonyl (C=O) groups is 1. The summed E-state index contributed by atoms with van der Waals surface area (Å²) < 4.78 is 18.1. The van der Waals surface area contributed by atoms with Crippen molar-refractivity contribution in [3.8, 4) is 11.5 Å². The van der Waals surface area contributed by atoms with Crippen molar-refractivity contribution in [3.63, 3.8) is 0 Å². The highest BCUT2D eigenvalue weighted by atomic mass is 19.1. The summed E-state index contributed by atoms with van der Waals surface area (Å²) in [4.78, 5) is 15.8. The zero-order valence-corrected chi connectivity index (χ0v) is 10.8. The van der Waals surface area contributed by atoms with E-state index in [0.29, 0.717) is 18.0 Å². The Balaban J connectivity index is 1.67. The van der Waals surface area contributed by atoms with E-state index < -0.39 is 5.82 Å². The monoisotopic (exact) mass is 275 g/mol. The number of amides is 1. The number of hydrogen-bond acceptors (Lipinski definition) is 4. The molecule has 1 amide bonds. The third-order valence-electron chi connectivity index (χ3n) is 3.48. The molecule has 0 atom stereocenters. The van der Waals surface area contributed by atoms with Crippen LogP contribution in [0, 0.1) is 11.7 Å². The van der Waals surface area contributed by atoms with E-state index in [0.717, 1.165) is 12.8 Å². The molecule has 1 aliphatic rings. The topological polar surface area (TPSA) is 68.0 Å². The molecule has 0 saturated heterocycles. The molecule has 0 aliphatic heterocycles. The van der Waals surface area contributed by atoms with E-state index in [1.165, 1.54) is 18.6 Å². The second-order valence-corrected chi connectivity index (χ2v) is 4.94. The minimum Gasteiger partial charge on any atom is -0.349 e. The molecule has 1 saturated carbocycles. The molecule has 6 heteroatoms. The quantitative estimate of drug-likeness (QED) is 0.930. The first-order valence-electron chi connectivity index (χ1n) is 6.60. The Morgan fingerprint density at radius 3 is 3.00 bits per heavy atom. The summed E-state index contributed by atoms with van der Waals surface area (Å²) in [5, 5.41) is 6.40. The maximum atomic E-state index is 13.1. The van der Waals surface area contributed by atoms with Gasteiger partial charge < -0.3 is 9.84 Å². The molecule has 20 heavy (non-hydrogen) atoms. The summed E-state index contributed by atoms with van der Waals surface area (Å²) in [7, 11) is 0. The summed E-state index contributed by atoms with van der Waals surface area (Å²) in [6.07, 6.45) is 3.54. The van der Waals surface area contributed by atoms with Crippen molar-refractivity contribution in [1.29, 1.82) is 0 Å². The molecule has 0 bridgehead atoms. The Morgan fingerprint density at radius 2 is 2.30 bits per heavy atom. The highest BCUT2D eigenvalue weighted by Crippen LogP contribution is 2.25. The van der Waals surface area contributed by atoms with Gasteiger partial charge in [-0.15, -0.1) is 0 Å². The summed E-state index contributed by atoms with van der Waals surface area (Å²) in [5.41, 5.74) is 0.454. The van der Waals surface area contributed by atoms with Crippen molar-refractivity contribution in [3.05, 3.63) is 35.9 Å². The van der Waals surface area contributed by atoms with E-state index in [9.17, 15) is 9.18 Å². The second-order valence-electron chi connectivity index (χ2n) is 4.94. The number of carbonyl (C=O) groups excluding carboxylic acids is 1. The van der Waals surface area contributed by atoms with E-state index in [2.05, 4.69) is 15.5 Å². The molecule has 104 valence electrons. The Labute approximate surface area is 115 Å². The molecule has 1 fully saturated rings. The molecule has 0 unspecified atom stereocenters. The molecule has 1 heterocycles. The number of rotatable bonds is 4. The number of benzene rings is 1. The number of nitrogens with one attached hydrogen (secondary N) is 1. The van der Waals surface area contributed by atoms with E-state index in [-0.39, 0.29) is 17.6 Å². The molecule has 1 N–H and O–H groups in total. The minimum atomic E-state index is -0.392. The van der Waals surface area contributed by atoms with Crippen LogP contribution < -0.4 is 5.32 Å². The molecule has 5 nitrogen and oxygen atoms in total. The predicted molar refractivity (Wildman–Crippen MR) is 69.4 cm³/mol. The van der Waals surface area contributed by atoms with Crippen LogP contribution in [0.1, 0.15) is 29.9 Å². The van der Waals surface area contributed by atoms with Gasteiger partial charge >= 0.3 is 0 Å². The van der Waals surface area contributed by atoms with Gasteiger partial charge in [0.15, 0.2) is 0 Å². The first-order chi connectivity index (χ1) is 9.72. The average molecular weight is 275 g/mol. The lowest BCUT2D eigenvalue weighted by Gasteiger charge is -2.24. The second kappa shape index (κ2) is 5.40. The molecule has 1 aromatic carbocycles. The molecule has 3 rings (SSSR count). The maximum absolute atomic E-state index is 13.1. The standard InChI is InChI=1S/C14H14FN3O2/c15-11-6-2-5-10(7-11)14-17-12(18-20-14)13(19)16-8-9-3-1-4-9/h2,5-7,9H,1,3-4,8H2,(H,16,19). The van der Waals surface area contributed by atoms with Crippen LogP contribution in [0.25, 0.3) is 11.5 Å². The van der Waals surface area contributed by atoms with Crippen LogP contribution in [-0.4, -0.2) is 22.6 Å². The van der Waals surface area contributed by atoms with Gasteiger partial charge in [-0.05, 0) is 37.0 Å². The molecule has 0 spiro atoms. The van der Waals surface area contributed by atoms with Gasteiger partial charge in [0.2, 0.25) is 0 Å². The summed E-state index contributed by atoms with van der Waals surface area (Å²) in [6.45, 7) is 0.642. The van der Waals surface area contributed by atoms with Gasteiger partial charge in [-0.25, -0.2) is 4.39 Å². The molecule has 2 aromatic rings. The zero-order chi connectivity index (χ0) is 13.9. The zero-order valence-electron chi connectivity index (χ0n) is 10.8. The van der Waals surface area contributed by atoms with Crippen LogP contribution in [0.5, 0.6) is 0 Å². The minimum absolute atomic E-state index is 0.0245. The van der Waals surface area contributed by atoms with Gasteiger partial charge in [-0.2, -0.15) is 4.98 Å². The van der Waals surface area contributed by atoms with E-state index >= 15 is 0 Å². The van der Waals surface area contributed by atoms with Crippen LogP contribution in [0.15, 0.2) is 28.8 Å². The molecule has 0 radical (unpaired) electrons. The maximum Gasteiger partial charge on any atom is 0.292 e. The third kappa shape index (κ3) is 2.68. The third-order valence-corrected chi connectivity index (χ3v) is 3.48. The lowest BCUT2D eigenvalue weighted by Crippen LogP contribution is -2.32. The number of halogens is 1. The van der Waals surface area contributed by atoms with Crippen LogP contribution in [0.4, 0.5) is 4.39 Å². The van der Waals surface area contributed by atoms with Crippen LogP contribution in [0.3, 0.4) is 0 Å². The normalized spacial score (nSPS) is 14.8. The highest BCUT2D eigenvalue weighted by molar-refractivity contribution is 5.90. The van der Waals surface area contributed by atoms with E-state index in [4.69, 9.17) is 4.52 Å². The van der Waals surface area contributed by atoms with Gasteiger partial charge in [-0.1, -0.05) is 17.6 Å². The number of nitrogens with zero attached hydrogens (tertiary/aromatic N) is 2. The Hall–Kier alpha value is -2.24. The lowest BCUT2D eigenvalue weighted by atomic mass is 9.85. The smallest absolute Gasteiger partial charge is 0.292 e. The number of hydrogen-bond donors (Lipinski definition) is 1. The van der Waals surface area contributed by atoms with E-state index in [1.807, 2.05) is 0 Å². The SMILES string of the molecule is O=C(NCC1CCC1)c1noc(-c2cccc(F)c2)n1. The Bertz CT molecular complexity index is 622. The predicted octanol–water partition coefficient (Wildman–Crippen LogP) is 2.41. The van der Waals surface area contributed by atoms with Crippen LogP contribution in [0.2, 0.25) is 0 Å². The lowest BCUT2D eigenvalue weighted by molar-refractivity contribution is 0.0925. The largest absolute Gasteiger partial charge is 0.349 e. The summed E-state index contributed by atoms with van der Waals surface area (Å²) in [6, 6.07) is 5.80. The molecular formula is C14H14FN3O2. The molecular weight excluding hydrogens is 261 g/mol. The van der Waals surface area contributed by atoms with Crippen molar-refractivity contribution in [2.75, 3.05) is 6.54 Å². The Morgan fingerprint density at radius 1 is 1.45 bits per heavy atom. The highest BCUT2D eigenvalue weighted by Gasteiger charge is 2.20. The van der Waals surface area contributed by atoms with Gasteiger partial charge in [-0.3, -0.25) is 4.79 Å². The van der Waals surface area contributed by atoms with Crippen molar-refractivity contribution in [1.82, 2.24) is 15.5 Å². The molecule has 1 aliphatic carbocycles. The van der Waals surface area contributed by atoms with Gasteiger partial charge in [0, 0.05) is 12.1 Å². The van der Waals surface area contributed by atoms with Crippen LogP contribution >= 0.6 is 0 Å².